The van der Waals surface area contributed by atoms with Crippen LogP contribution >= 0.6 is 0 Å². The third kappa shape index (κ3) is 4.13. The van der Waals surface area contributed by atoms with Crippen molar-refractivity contribution in [2.45, 2.75) is 39.0 Å². The Balaban J connectivity index is 1.97. The predicted octanol–water partition coefficient (Wildman–Crippen LogP) is 0.880. The van der Waals surface area contributed by atoms with Gasteiger partial charge in [-0.3, -0.25) is 9.88 Å². The van der Waals surface area contributed by atoms with Gasteiger partial charge >= 0.3 is 0 Å². The highest BCUT2D eigenvalue weighted by Crippen LogP contribution is 2.22. The quantitative estimate of drug-likeness (QED) is 0.834. The fourth-order valence-corrected chi connectivity index (χ4v) is 2.57. The molecule has 20 heavy (non-hydrogen) atoms. The molecular formula is C14H24N4O2. The molecule has 1 aliphatic heterocycles. The number of morpholine rings is 1. The summed E-state index contributed by atoms with van der Waals surface area (Å²) in [7, 11) is 0. The van der Waals surface area contributed by atoms with Gasteiger partial charge in [0.1, 0.15) is 5.82 Å². The predicted molar refractivity (Wildman–Crippen MR) is 77.5 cm³/mol. The highest BCUT2D eigenvalue weighted by Gasteiger charge is 2.33. The number of nitrogens with zero attached hydrogens (tertiary/aromatic N) is 3. The van der Waals surface area contributed by atoms with Crippen molar-refractivity contribution in [3.05, 3.63) is 18.1 Å². The minimum atomic E-state index is -0.247. The molecule has 2 heterocycles. The van der Waals surface area contributed by atoms with Gasteiger partial charge in [0, 0.05) is 26.2 Å². The average molecular weight is 280 g/mol. The van der Waals surface area contributed by atoms with E-state index in [9.17, 15) is 5.11 Å². The van der Waals surface area contributed by atoms with E-state index in [-0.39, 0.29) is 18.3 Å². The number of hydrogen-bond acceptors (Lipinski definition) is 6. The van der Waals surface area contributed by atoms with Crippen LogP contribution in [0.3, 0.4) is 0 Å². The molecule has 0 radical (unpaired) electrons. The summed E-state index contributed by atoms with van der Waals surface area (Å²) < 4.78 is 5.80. The van der Waals surface area contributed by atoms with Crippen molar-refractivity contribution in [3.8, 4) is 0 Å². The number of ether oxygens (including phenoxy) is 1. The third-order valence-electron chi connectivity index (χ3n) is 3.20. The molecule has 1 saturated heterocycles. The Bertz CT molecular complexity index is 422. The molecule has 0 saturated carbocycles. The fourth-order valence-electron chi connectivity index (χ4n) is 2.57. The standard InChI is InChI=1S/C14H24N4O2/c1-4-15-13-6-16-11(5-17-13)7-18-8-12(9-19)20-14(2,3)10-18/h5-6,12,19H,4,7-10H2,1-3H3,(H,15,17). The zero-order valence-corrected chi connectivity index (χ0v) is 12.5. The Morgan fingerprint density at radius 1 is 1.45 bits per heavy atom. The fraction of sp³-hybridized carbons (Fsp3) is 0.714. The first-order chi connectivity index (χ1) is 9.52. The van der Waals surface area contributed by atoms with Crippen molar-refractivity contribution in [2.24, 2.45) is 0 Å². The van der Waals surface area contributed by atoms with E-state index in [1.54, 1.807) is 12.4 Å². The van der Waals surface area contributed by atoms with Gasteiger partial charge in [-0.2, -0.15) is 0 Å². The molecule has 1 aromatic heterocycles. The Kier molecular flexibility index (Phi) is 4.91. The summed E-state index contributed by atoms with van der Waals surface area (Å²) in [5, 5.41) is 12.4. The monoisotopic (exact) mass is 280 g/mol. The van der Waals surface area contributed by atoms with Gasteiger partial charge in [0.15, 0.2) is 0 Å². The van der Waals surface area contributed by atoms with Crippen molar-refractivity contribution in [1.82, 2.24) is 14.9 Å². The number of aliphatic hydroxyl groups is 1. The maximum absolute atomic E-state index is 9.31. The molecule has 1 unspecified atom stereocenters. The maximum atomic E-state index is 9.31. The summed E-state index contributed by atoms with van der Waals surface area (Å²) in [4.78, 5) is 11.0. The van der Waals surface area contributed by atoms with Crippen molar-refractivity contribution in [3.63, 3.8) is 0 Å². The minimum absolute atomic E-state index is 0.0466. The molecule has 0 aliphatic carbocycles. The van der Waals surface area contributed by atoms with E-state index in [2.05, 4.69) is 20.2 Å². The van der Waals surface area contributed by atoms with Crippen LogP contribution in [0.4, 0.5) is 5.82 Å². The first kappa shape index (κ1) is 15.2. The second-order valence-electron chi connectivity index (χ2n) is 5.78. The summed E-state index contributed by atoms with van der Waals surface area (Å²) in [6, 6.07) is 0. The molecule has 6 nitrogen and oxygen atoms in total. The summed E-state index contributed by atoms with van der Waals surface area (Å²) in [6.45, 7) is 9.26. The molecule has 1 fully saturated rings. The van der Waals surface area contributed by atoms with Gasteiger partial charge in [0.05, 0.1) is 36.4 Å². The van der Waals surface area contributed by atoms with Crippen molar-refractivity contribution in [1.29, 1.82) is 0 Å². The molecule has 0 spiro atoms. The molecule has 112 valence electrons. The minimum Gasteiger partial charge on any atom is -0.394 e. The zero-order chi connectivity index (χ0) is 14.6. The summed E-state index contributed by atoms with van der Waals surface area (Å²) in [6.07, 6.45) is 3.43. The average Bonchev–Trinajstić information content (AvgIpc) is 2.39. The highest BCUT2D eigenvalue weighted by molar-refractivity contribution is 5.30. The van der Waals surface area contributed by atoms with Gasteiger partial charge in [-0.05, 0) is 20.8 Å². The van der Waals surface area contributed by atoms with Gasteiger partial charge in [-0.15, -0.1) is 0 Å². The molecule has 0 amide bonds. The van der Waals surface area contributed by atoms with Crippen molar-refractivity contribution >= 4 is 5.82 Å². The van der Waals surface area contributed by atoms with E-state index in [0.717, 1.165) is 37.7 Å². The van der Waals surface area contributed by atoms with Gasteiger partial charge in [-0.25, -0.2) is 4.98 Å². The molecule has 6 heteroatoms. The highest BCUT2D eigenvalue weighted by atomic mass is 16.5. The Morgan fingerprint density at radius 2 is 2.25 bits per heavy atom. The van der Waals surface area contributed by atoms with Gasteiger partial charge in [0.2, 0.25) is 0 Å². The van der Waals surface area contributed by atoms with Gasteiger partial charge < -0.3 is 15.2 Å². The van der Waals surface area contributed by atoms with Gasteiger partial charge in [-0.1, -0.05) is 0 Å². The van der Waals surface area contributed by atoms with Crippen LogP contribution in [0.1, 0.15) is 26.5 Å². The lowest BCUT2D eigenvalue weighted by Gasteiger charge is -2.42. The lowest BCUT2D eigenvalue weighted by Crippen LogP contribution is -2.53. The van der Waals surface area contributed by atoms with E-state index in [0.29, 0.717) is 0 Å². The van der Waals surface area contributed by atoms with E-state index in [1.807, 2.05) is 20.8 Å². The van der Waals surface area contributed by atoms with Crippen LogP contribution < -0.4 is 5.32 Å². The van der Waals surface area contributed by atoms with Crippen LogP contribution in [0.2, 0.25) is 0 Å². The number of anilines is 1. The molecule has 1 aliphatic rings. The van der Waals surface area contributed by atoms with Crippen LogP contribution in [-0.4, -0.2) is 57.9 Å². The first-order valence-corrected chi connectivity index (χ1v) is 7.08. The van der Waals surface area contributed by atoms with E-state index < -0.39 is 0 Å². The number of hydrogen-bond donors (Lipinski definition) is 2. The van der Waals surface area contributed by atoms with Gasteiger partial charge in [0.25, 0.3) is 0 Å². The largest absolute Gasteiger partial charge is 0.394 e. The Hall–Kier alpha value is -1.24. The van der Waals surface area contributed by atoms with E-state index in [4.69, 9.17) is 4.74 Å². The molecule has 2 rings (SSSR count). The van der Waals surface area contributed by atoms with Crippen LogP contribution in [0.15, 0.2) is 12.4 Å². The van der Waals surface area contributed by atoms with Crippen LogP contribution in [-0.2, 0) is 11.3 Å². The van der Waals surface area contributed by atoms with Crippen LogP contribution in [0.5, 0.6) is 0 Å². The summed E-state index contributed by atoms with van der Waals surface area (Å²) in [5.74, 6) is 0.798. The topological polar surface area (TPSA) is 70.5 Å². The normalized spacial score (nSPS) is 22.7. The first-order valence-electron chi connectivity index (χ1n) is 7.08. The molecular weight excluding hydrogens is 256 g/mol. The van der Waals surface area contributed by atoms with Crippen molar-refractivity contribution in [2.75, 3.05) is 31.6 Å². The number of aliphatic hydroxyl groups excluding tert-OH is 1. The second-order valence-corrected chi connectivity index (χ2v) is 5.78. The molecule has 0 bridgehead atoms. The molecule has 2 N–H and O–H groups in total. The smallest absolute Gasteiger partial charge is 0.144 e. The van der Waals surface area contributed by atoms with Crippen LogP contribution in [0.25, 0.3) is 0 Å². The molecule has 1 atom stereocenters. The summed E-state index contributed by atoms with van der Waals surface area (Å²) >= 11 is 0. The SMILES string of the molecule is CCNc1cnc(CN2CC(CO)OC(C)(C)C2)cn1. The van der Waals surface area contributed by atoms with E-state index >= 15 is 0 Å². The third-order valence-corrected chi connectivity index (χ3v) is 3.20. The van der Waals surface area contributed by atoms with E-state index in [1.165, 1.54) is 0 Å². The zero-order valence-electron chi connectivity index (χ0n) is 12.5. The molecule has 1 aromatic rings. The maximum Gasteiger partial charge on any atom is 0.144 e. The lowest BCUT2D eigenvalue weighted by molar-refractivity contribution is -0.150. The Morgan fingerprint density at radius 3 is 2.85 bits per heavy atom. The Labute approximate surface area is 120 Å². The van der Waals surface area contributed by atoms with Crippen molar-refractivity contribution < 1.29 is 9.84 Å². The summed E-state index contributed by atoms with van der Waals surface area (Å²) in [5.41, 5.74) is 0.684. The lowest BCUT2D eigenvalue weighted by atomic mass is 10.1. The number of nitrogens with one attached hydrogen (secondary N) is 1. The number of rotatable bonds is 5. The number of aromatic nitrogens is 2. The van der Waals surface area contributed by atoms with Crippen LogP contribution in [0, 0.1) is 0 Å². The molecule has 0 aromatic carbocycles. The second kappa shape index (κ2) is 6.47.